The van der Waals surface area contributed by atoms with E-state index < -0.39 is 30.0 Å². The molecule has 2 aromatic carbocycles. The summed E-state index contributed by atoms with van der Waals surface area (Å²) < 4.78 is 66.3. The summed E-state index contributed by atoms with van der Waals surface area (Å²) in [6.45, 7) is 7.57. The Hall–Kier alpha value is -3.03. The zero-order chi connectivity index (χ0) is 27.8. The second-order valence-corrected chi connectivity index (χ2v) is 10.7. The second kappa shape index (κ2) is 11.0. The van der Waals surface area contributed by atoms with Crippen LogP contribution in [0.25, 0.3) is 5.57 Å². The zero-order valence-corrected chi connectivity index (χ0v) is 22.5. The van der Waals surface area contributed by atoms with Gasteiger partial charge >= 0.3 is 12.3 Å². The van der Waals surface area contributed by atoms with Crippen LogP contribution in [0.4, 0.5) is 22.4 Å². The van der Waals surface area contributed by atoms with Gasteiger partial charge in [-0.3, -0.25) is 4.90 Å². The highest BCUT2D eigenvalue weighted by Crippen LogP contribution is 2.41. The van der Waals surface area contributed by atoms with Crippen molar-refractivity contribution in [3.05, 3.63) is 69.5 Å². The van der Waals surface area contributed by atoms with E-state index in [9.17, 15) is 22.4 Å². The van der Waals surface area contributed by atoms with Crippen molar-refractivity contribution < 1.29 is 31.8 Å². The predicted molar refractivity (Wildman–Crippen MR) is 139 cm³/mol. The molecule has 38 heavy (non-hydrogen) atoms. The Morgan fingerprint density at radius 2 is 1.79 bits per heavy atom. The Morgan fingerprint density at radius 3 is 2.45 bits per heavy atom. The molecule has 2 atom stereocenters. The minimum absolute atomic E-state index is 0.0141. The highest BCUT2D eigenvalue weighted by atomic mass is 19.4. The number of carbonyl (C=O) groups excluding carboxylic acids is 1. The van der Waals surface area contributed by atoms with Gasteiger partial charge in [-0.25, -0.2) is 9.18 Å². The molecular weight excluding hydrogens is 498 g/mol. The molecule has 1 amide bonds. The van der Waals surface area contributed by atoms with Crippen molar-refractivity contribution in [2.24, 2.45) is 0 Å². The number of aryl methyl sites for hydroxylation is 1. The van der Waals surface area contributed by atoms with E-state index in [-0.39, 0.29) is 11.7 Å². The molecule has 0 unspecified atom stereocenters. The van der Waals surface area contributed by atoms with Crippen LogP contribution in [0, 0.1) is 12.7 Å². The molecular formula is C30H35F4NO3. The molecule has 4 nitrogen and oxygen atoms in total. The Balaban J connectivity index is 1.71. The standard InChI is InChI=1S/C30H35F4NO3/c1-17(2)24-14-25(27(37-5)15-26(24)31)23-10-8-6-7-9-20(23)16-35-19(4)28(38-29(35)36)21-11-18(3)12-22(13-21)30(32,33)34/h11-15,17,19,28H,6-10,16H2,1-5H3/t19-,28-/m0/s1. The summed E-state index contributed by atoms with van der Waals surface area (Å²) in [7, 11) is 1.52. The van der Waals surface area contributed by atoms with Gasteiger partial charge < -0.3 is 9.47 Å². The summed E-state index contributed by atoms with van der Waals surface area (Å²) in [6, 6.07) is 6.62. The quantitative estimate of drug-likeness (QED) is 0.349. The number of benzene rings is 2. The maximum atomic E-state index is 14.7. The number of allylic oxidation sites excluding steroid dienone is 1. The molecule has 0 spiro atoms. The van der Waals surface area contributed by atoms with E-state index in [4.69, 9.17) is 9.47 Å². The lowest BCUT2D eigenvalue weighted by atomic mass is 9.90. The first kappa shape index (κ1) is 28.0. The molecule has 4 rings (SSSR count). The number of hydrogen-bond donors (Lipinski definition) is 0. The number of rotatable bonds is 6. The fraction of sp³-hybridized carbons (Fsp3) is 0.500. The van der Waals surface area contributed by atoms with Crippen LogP contribution in [0.15, 0.2) is 35.9 Å². The highest BCUT2D eigenvalue weighted by molar-refractivity contribution is 5.76. The van der Waals surface area contributed by atoms with Crippen molar-refractivity contribution in [1.82, 2.24) is 4.90 Å². The molecule has 0 aromatic heterocycles. The largest absolute Gasteiger partial charge is 0.496 e. The summed E-state index contributed by atoms with van der Waals surface area (Å²) in [5.41, 5.74) is 3.55. The first-order valence-corrected chi connectivity index (χ1v) is 13.2. The van der Waals surface area contributed by atoms with Crippen molar-refractivity contribution >= 4 is 11.7 Å². The van der Waals surface area contributed by atoms with E-state index in [1.54, 1.807) is 24.8 Å². The van der Waals surface area contributed by atoms with Crippen LogP contribution >= 0.6 is 0 Å². The fourth-order valence-corrected chi connectivity index (χ4v) is 5.57. The number of ether oxygens (including phenoxy) is 2. The predicted octanol–water partition coefficient (Wildman–Crippen LogP) is 8.58. The Labute approximate surface area is 221 Å². The van der Waals surface area contributed by atoms with Crippen molar-refractivity contribution in [3.63, 3.8) is 0 Å². The number of halogens is 4. The van der Waals surface area contributed by atoms with Crippen molar-refractivity contribution in [1.29, 1.82) is 0 Å². The van der Waals surface area contributed by atoms with E-state index in [0.29, 0.717) is 29.0 Å². The van der Waals surface area contributed by atoms with Gasteiger partial charge in [0.25, 0.3) is 0 Å². The van der Waals surface area contributed by atoms with Gasteiger partial charge in [-0.15, -0.1) is 0 Å². The number of methoxy groups -OCH3 is 1. The van der Waals surface area contributed by atoms with E-state index >= 15 is 0 Å². The lowest BCUT2D eigenvalue weighted by Gasteiger charge is -2.25. The average Bonchev–Trinajstić information content (AvgIpc) is 2.99. The summed E-state index contributed by atoms with van der Waals surface area (Å²) in [6.07, 6.45) is -1.39. The molecule has 8 heteroatoms. The van der Waals surface area contributed by atoms with Crippen molar-refractivity contribution in [3.8, 4) is 5.75 Å². The van der Waals surface area contributed by atoms with Crippen LogP contribution in [0.3, 0.4) is 0 Å². The first-order chi connectivity index (χ1) is 17.9. The summed E-state index contributed by atoms with van der Waals surface area (Å²) in [5, 5.41) is 0. The number of nitrogens with zero attached hydrogens (tertiary/aromatic N) is 1. The molecule has 1 fully saturated rings. The van der Waals surface area contributed by atoms with Gasteiger partial charge in [0.1, 0.15) is 17.7 Å². The topological polar surface area (TPSA) is 38.8 Å². The third kappa shape index (κ3) is 5.69. The SMILES string of the molecule is COc1cc(F)c(C(C)C)cc1C1=C(CN2C(=O)O[C@H](c3cc(C)cc(C(F)(F)F)c3)[C@@H]2C)CCCCC1. The zero-order valence-electron chi connectivity index (χ0n) is 22.5. The Bertz CT molecular complexity index is 1230. The van der Waals surface area contributed by atoms with Crippen molar-refractivity contribution in [2.45, 2.75) is 84.0 Å². The third-order valence-corrected chi connectivity index (χ3v) is 7.61. The lowest BCUT2D eigenvalue weighted by Crippen LogP contribution is -2.34. The van der Waals surface area contributed by atoms with E-state index in [0.717, 1.165) is 60.9 Å². The summed E-state index contributed by atoms with van der Waals surface area (Å²) in [5.74, 6) is 0.128. The van der Waals surface area contributed by atoms with E-state index in [1.165, 1.54) is 13.2 Å². The molecule has 0 N–H and O–H groups in total. The highest BCUT2D eigenvalue weighted by Gasteiger charge is 2.41. The van der Waals surface area contributed by atoms with E-state index in [1.807, 2.05) is 19.9 Å². The fourth-order valence-electron chi connectivity index (χ4n) is 5.57. The summed E-state index contributed by atoms with van der Waals surface area (Å²) in [4.78, 5) is 14.6. The van der Waals surface area contributed by atoms with Gasteiger partial charge in [0.15, 0.2) is 0 Å². The normalized spacial score (nSPS) is 20.7. The molecule has 0 bridgehead atoms. The van der Waals surface area contributed by atoms with E-state index in [2.05, 4.69) is 0 Å². The van der Waals surface area contributed by atoms with Gasteiger partial charge in [0, 0.05) is 18.2 Å². The third-order valence-electron chi connectivity index (χ3n) is 7.61. The summed E-state index contributed by atoms with van der Waals surface area (Å²) >= 11 is 0. The number of hydrogen-bond acceptors (Lipinski definition) is 3. The van der Waals surface area contributed by atoms with Crippen LogP contribution < -0.4 is 4.74 Å². The molecule has 1 heterocycles. The van der Waals surface area contributed by atoms with Gasteiger partial charge in [-0.2, -0.15) is 13.2 Å². The number of amides is 1. The smallest absolute Gasteiger partial charge is 0.416 e. The van der Waals surface area contributed by atoms with Crippen LogP contribution in [0.1, 0.15) is 92.7 Å². The molecule has 0 radical (unpaired) electrons. The minimum Gasteiger partial charge on any atom is -0.496 e. The van der Waals surface area contributed by atoms with Gasteiger partial charge in [0.2, 0.25) is 0 Å². The Morgan fingerprint density at radius 1 is 1.08 bits per heavy atom. The molecule has 1 aliphatic carbocycles. The minimum atomic E-state index is -4.49. The average molecular weight is 534 g/mol. The number of alkyl halides is 3. The molecule has 0 saturated carbocycles. The number of carbonyl (C=O) groups is 1. The van der Waals surface area contributed by atoms with Gasteiger partial charge in [0.05, 0.1) is 18.7 Å². The van der Waals surface area contributed by atoms with Crippen LogP contribution in [0.5, 0.6) is 5.75 Å². The van der Waals surface area contributed by atoms with Crippen LogP contribution in [-0.4, -0.2) is 30.7 Å². The number of cyclic esters (lactones) is 1. The van der Waals surface area contributed by atoms with Gasteiger partial charge in [-0.1, -0.05) is 31.9 Å². The van der Waals surface area contributed by atoms with Crippen molar-refractivity contribution in [2.75, 3.05) is 13.7 Å². The molecule has 2 aliphatic rings. The molecule has 2 aromatic rings. The second-order valence-electron chi connectivity index (χ2n) is 10.7. The monoisotopic (exact) mass is 533 g/mol. The van der Waals surface area contributed by atoms with Crippen LogP contribution in [-0.2, 0) is 10.9 Å². The molecule has 1 saturated heterocycles. The molecule has 1 aliphatic heterocycles. The van der Waals surface area contributed by atoms with Gasteiger partial charge in [-0.05, 0) is 85.9 Å². The lowest BCUT2D eigenvalue weighted by molar-refractivity contribution is -0.137. The molecule has 206 valence electrons. The Kier molecular flexibility index (Phi) is 8.09. The maximum Gasteiger partial charge on any atom is 0.416 e. The first-order valence-electron chi connectivity index (χ1n) is 13.2. The maximum absolute atomic E-state index is 14.7. The van der Waals surface area contributed by atoms with Crippen LogP contribution in [0.2, 0.25) is 0 Å².